The van der Waals surface area contributed by atoms with Crippen LogP contribution in [0, 0.1) is 5.92 Å². The van der Waals surface area contributed by atoms with Gasteiger partial charge in [0.2, 0.25) is 5.91 Å². The molecule has 0 heterocycles. The molecule has 1 unspecified atom stereocenters. The summed E-state index contributed by atoms with van der Waals surface area (Å²) in [5.74, 6) is 0.816. The first-order valence-electron chi connectivity index (χ1n) is 6.30. The van der Waals surface area contributed by atoms with Crippen molar-refractivity contribution in [1.82, 2.24) is 5.32 Å². The van der Waals surface area contributed by atoms with Crippen LogP contribution in [-0.2, 0) is 4.79 Å². The van der Waals surface area contributed by atoms with E-state index in [9.17, 15) is 9.90 Å². The minimum Gasteiger partial charge on any atom is -0.508 e. The van der Waals surface area contributed by atoms with Crippen LogP contribution in [0.25, 0.3) is 0 Å². The second kappa shape index (κ2) is 8.39. The van der Waals surface area contributed by atoms with Gasteiger partial charge in [0.05, 0.1) is 11.3 Å². The molecule has 0 aliphatic rings. The van der Waals surface area contributed by atoms with Gasteiger partial charge in [-0.2, -0.15) is 0 Å². The zero-order valence-electron chi connectivity index (χ0n) is 12.1. The summed E-state index contributed by atoms with van der Waals surface area (Å²) < 4.78 is 0. The van der Waals surface area contributed by atoms with Gasteiger partial charge in [-0.15, -0.1) is 24.2 Å². The Bertz CT molecular complexity index is 426. The molecule has 0 aliphatic heterocycles. The predicted molar refractivity (Wildman–Crippen MR) is 86.5 cm³/mol. The Balaban J connectivity index is 0.00000361. The Morgan fingerprint density at radius 2 is 1.95 bits per heavy atom. The summed E-state index contributed by atoms with van der Waals surface area (Å²) in [5, 5.41) is 12.2. The molecule has 0 aliphatic carbocycles. The highest BCUT2D eigenvalue weighted by Gasteiger charge is 2.28. The molecule has 0 radical (unpaired) electrons. The standard InChI is InChI=1S/C14H22N2O2S.ClH/c1-10(2)14(3,9-15)16-13(18)8-19-12-6-4-11(17)5-7-12;/h4-7,10,17H,8-9,15H2,1-3H3,(H,16,18);1H. The quantitative estimate of drug-likeness (QED) is 0.704. The molecule has 1 aromatic rings. The van der Waals surface area contributed by atoms with E-state index in [1.807, 2.05) is 20.8 Å². The smallest absolute Gasteiger partial charge is 0.230 e. The first-order valence-corrected chi connectivity index (χ1v) is 7.29. The van der Waals surface area contributed by atoms with Crippen molar-refractivity contribution in [3.8, 4) is 5.75 Å². The summed E-state index contributed by atoms with van der Waals surface area (Å²) in [5.41, 5.74) is 5.36. The molecule has 20 heavy (non-hydrogen) atoms. The van der Waals surface area contributed by atoms with Gasteiger partial charge >= 0.3 is 0 Å². The molecule has 0 bridgehead atoms. The van der Waals surface area contributed by atoms with E-state index in [0.717, 1.165) is 4.90 Å². The van der Waals surface area contributed by atoms with E-state index < -0.39 is 0 Å². The van der Waals surface area contributed by atoms with E-state index >= 15 is 0 Å². The highest BCUT2D eigenvalue weighted by Crippen LogP contribution is 2.21. The highest BCUT2D eigenvalue weighted by molar-refractivity contribution is 8.00. The Hall–Kier alpha value is -0.910. The van der Waals surface area contributed by atoms with Crippen LogP contribution in [0.2, 0.25) is 0 Å². The maximum absolute atomic E-state index is 11.9. The van der Waals surface area contributed by atoms with Gasteiger partial charge < -0.3 is 16.2 Å². The molecule has 1 atom stereocenters. The fourth-order valence-corrected chi connectivity index (χ4v) is 2.18. The Morgan fingerprint density at radius 1 is 1.40 bits per heavy atom. The molecule has 0 spiro atoms. The van der Waals surface area contributed by atoms with Crippen molar-refractivity contribution in [3.05, 3.63) is 24.3 Å². The molecule has 4 nitrogen and oxygen atoms in total. The van der Waals surface area contributed by atoms with E-state index in [1.54, 1.807) is 24.3 Å². The van der Waals surface area contributed by atoms with Crippen LogP contribution in [0.1, 0.15) is 20.8 Å². The maximum atomic E-state index is 11.9. The van der Waals surface area contributed by atoms with Crippen LogP contribution >= 0.6 is 24.2 Å². The molecule has 0 saturated heterocycles. The summed E-state index contributed by atoms with van der Waals surface area (Å²) in [6, 6.07) is 6.80. The van der Waals surface area contributed by atoms with Gasteiger partial charge in [-0.1, -0.05) is 13.8 Å². The van der Waals surface area contributed by atoms with Gasteiger partial charge in [0.15, 0.2) is 0 Å². The van der Waals surface area contributed by atoms with E-state index in [2.05, 4.69) is 5.32 Å². The summed E-state index contributed by atoms with van der Waals surface area (Å²) in [6.45, 7) is 6.46. The molecule has 6 heteroatoms. The van der Waals surface area contributed by atoms with Crippen molar-refractivity contribution in [2.24, 2.45) is 11.7 Å². The third-order valence-electron chi connectivity index (χ3n) is 3.33. The van der Waals surface area contributed by atoms with Crippen molar-refractivity contribution in [1.29, 1.82) is 0 Å². The van der Waals surface area contributed by atoms with Crippen LogP contribution in [0.3, 0.4) is 0 Å². The van der Waals surface area contributed by atoms with Gasteiger partial charge in [-0.25, -0.2) is 0 Å². The Labute approximate surface area is 130 Å². The van der Waals surface area contributed by atoms with E-state index in [-0.39, 0.29) is 35.5 Å². The lowest BCUT2D eigenvalue weighted by molar-refractivity contribution is -0.120. The fraction of sp³-hybridized carbons (Fsp3) is 0.500. The number of phenolic OH excluding ortho intramolecular Hbond substituents is 1. The Morgan fingerprint density at radius 3 is 2.40 bits per heavy atom. The van der Waals surface area contributed by atoms with Crippen molar-refractivity contribution in [3.63, 3.8) is 0 Å². The average molecular weight is 319 g/mol. The minimum absolute atomic E-state index is 0. The normalized spacial score (nSPS) is 13.4. The number of thioether (sulfide) groups is 1. The molecule has 1 amide bonds. The maximum Gasteiger partial charge on any atom is 0.230 e. The average Bonchev–Trinajstić information content (AvgIpc) is 2.37. The number of amides is 1. The number of nitrogens with two attached hydrogens (primary N) is 1. The van der Waals surface area contributed by atoms with Crippen LogP contribution in [0.15, 0.2) is 29.2 Å². The largest absolute Gasteiger partial charge is 0.508 e. The summed E-state index contributed by atoms with van der Waals surface area (Å²) >= 11 is 1.44. The number of phenols is 1. The van der Waals surface area contributed by atoms with Crippen molar-refractivity contribution in [2.45, 2.75) is 31.2 Å². The number of hydrogen-bond donors (Lipinski definition) is 3. The van der Waals surface area contributed by atoms with Gasteiger partial charge in [0.1, 0.15) is 5.75 Å². The number of benzene rings is 1. The number of hydrogen-bond acceptors (Lipinski definition) is 4. The topological polar surface area (TPSA) is 75.3 Å². The van der Waals surface area contributed by atoms with Crippen molar-refractivity contribution < 1.29 is 9.90 Å². The lowest BCUT2D eigenvalue weighted by atomic mass is 9.88. The first-order chi connectivity index (χ1) is 8.87. The van der Waals surface area contributed by atoms with E-state index in [0.29, 0.717) is 12.3 Å². The highest BCUT2D eigenvalue weighted by atomic mass is 35.5. The molecule has 0 saturated carbocycles. The number of nitrogens with one attached hydrogen (secondary N) is 1. The monoisotopic (exact) mass is 318 g/mol. The number of halogens is 1. The van der Waals surface area contributed by atoms with Crippen molar-refractivity contribution in [2.75, 3.05) is 12.3 Å². The fourth-order valence-electron chi connectivity index (χ4n) is 1.48. The zero-order valence-corrected chi connectivity index (χ0v) is 13.7. The predicted octanol–water partition coefficient (Wildman–Crippen LogP) is 2.40. The molecule has 4 N–H and O–H groups in total. The van der Waals surface area contributed by atoms with Crippen LogP contribution in [0.4, 0.5) is 0 Å². The lowest BCUT2D eigenvalue weighted by Gasteiger charge is -2.33. The molecule has 114 valence electrons. The van der Waals surface area contributed by atoms with Gasteiger partial charge in [0.25, 0.3) is 0 Å². The Kier molecular flexibility index (Phi) is 8.01. The van der Waals surface area contributed by atoms with E-state index in [1.165, 1.54) is 11.8 Å². The summed E-state index contributed by atoms with van der Waals surface area (Å²) in [7, 11) is 0. The summed E-state index contributed by atoms with van der Waals surface area (Å²) in [4.78, 5) is 12.9. The van der Waals surface area contributed by atoms with Crippen LogP contribution < -0.4 is 11.1 Å². The molecule has 0 fully saturated rings. The van der Waals surface area contributed by atoms with Gasteiger partial charge in [-0.3, -0.25) is 4.79 Å². The third-order valence-corrected chi connectivity index (χ3v) is 4.34. The molecule has 1 aromatic carbocycles. The van der Waals surface area contributed by atoms with Crippen LogP contribution in [0.5, 0.6) is 5.75 Å². The zero-order chi connectivity index (χ0) is 14.5. The summed E-state index contributed by atoms with van der Waals surface area (Å²) in [6.07, 6.45) is 0. The molecule has 1 rings (SSSR count). The number of rotatable bonds is 6. The lowest BCUT2D eigenvalue weighted by Crippen LogP contribution is -2.55. The number of aromatic hydroxyl groups is 1. The van der Waals surface area contributed by atoms with Gasteiger partial charge in [0, 0.05) is 11.4 Å². The minimum atomic E-state index is -0.368. The number of carbonyl (C=O) groups is 1. The van der Waals surface area contributed by atoms with E-state index in [4.69, 9.17) is 5.73 Å². The second-order valence-electron chi connectivity index (χ2n) is 5.11. The molecular formula is C14H23ClN2O2S. The van der Waals surface area contributed by atoms with Crippen LogP contribution in [-0.4, -0.2) is 28.9 Å². The van der Waals surface area contributed by atoms with Crippen molar-refractivity contribution >= 4 is 30.1 Å². The van der Waals surface area contributed by atoms with Gasteiger partial charge in [-0.05, 0) is 37.1 Å². The first kappa shape index (κ1) is 19.1. The molecule has 0 aromatic heterocycles. The second-order valence-corrected chi connectivity index (χ2v) is 6.16. The number of carbonyl (C=O) groups excluding carboxylic acids is 1. The molecular weight excluding hydrogens is 296 g/mol. The SMILES string of the molecule is CC(C)C(C)(CN)NC(=O)CSc1ccc(O)cc1.Cl. The third kappa shape index (κ3) is 5.61.